The van der Waals surface area contributed by atoms with E-state index in [1.54, 1.807) is 11.1 Å². The van der Waals surface area contributed by atoms with Crippen LogP contribution in [0, 0.1) is 5.82 Å². The molecule has 6 aliphatic rings. The van der Waals surface area contributed by atoms with Gasteiger partial charge >= 0.3 is 0 Å². The number of ether oxygens (including phenoxy) is 1. The smallest absolute Gasteiger partial charge is 0.254 e. The van der Waals surface area contributed by atoms with Crippen molar-refractivity contribution in [3.8, 4) is 11.5 Å². The van der Waals surface area contributed by atoms with Gasteiger partial charge in [-0.3, -0.25) is 14.4 Å². The number of benzene rings is 3. The van der Waals surface area contributed by atoms with Crippen LogP contribution in [0.4, 0.5) is 21.5 Å². The van der Waals surface area contributed by atoms with Gasteiger partial charge in [0.25, 0.3) is 5.91 Å². The summed E-state index contributed by atoms with van der Waals surface area (Å²) in [5.41, 5.74) is 3.74. The van der Waals surface area contributed by atoms with Gasteiger partial charge in [-0.1, -0.05) is 30.4 Å². The number of rotatable bonds is 14. The highest BCUT2D eigenvalue weighted by atomic mass is 19.1. The van der Waals surface area contributed by atoms with Crippen LogP contribution in [0.3, 0.4) is 0 Å². The molecule has 4 aromatic rings. The van der Waals surface area contributed by atoms with Gasteiger partial charge in [-0.2, -0.15) is 0 Å². The van der Waals surface area contributed by atoms with E-state index in [1.165, 1.54) is 31.7 Å². The van der Waals surface area contributed by atoms with Gasteiger partial charge in [0, 0.05) is 85.4 Å². The molecular weight excluding hydrogens is 828 g/mol. The lowest BCUT2D eigenvalue weighted by Crippen LogP contribution is -2.42. The highest BCUT2D eigenvalue weighted by Gasteiger charge is 2.43. The maximum absolute atomic E-state index is 16.8. The average Bonchev–Trinajstić information content (AvgIpc) is 4.15. The lowest BCUT2D eigenvalue weighted by atomic mass is 9.92. The fraction of sp³-hybridized carbons (Fsp3) is 0.500. The minimum Gasteiger partial charge on any atom is -0.456 e. The maximum Gasteiger partial charge on any atom is 0.254 e. The van der Waals surface area contributed by atoms with E-state index in [4.69, 9.17) is 9.15 Å². The number of nitrogens with one attached hydrogen (secondary N) is 3. The minimum atomic E-state index is -1.46. The van der Waals surface area contributed by atoms with Gasteiger partial charge in [-0.25, -0.2) is 4.39 Å². The summed E-state index contributed by atoms with van der Waals surface area (Å²) in [6, 6.07) is 13.4. The number of furan rings is 1. The van der Waals surface area contributed by atoms with Gasteiger partial charge in [0.05, 0.1) is 23.5 Å². The van der Waals surface area contributed by atoms with Crippen LogP contribution >= 0.6 is 0 Å². The maximum atomic E-state index is 16.8. The van der Waals surface area contributed by atoms with Crippen LogP contribution < -0.4 is 30.5 Å². The molecule has 3 amide bonds. The van der Waals surface area contributed by atoms with Crippen molar-refractivity contribution in [2.75, 3.05) is 76.3 Å². The molecule has 65 heavy (non-hydrogen) atoms. The number of hydrogen-bond donors (Lipinski definition) is 4. The number of carbonyl (C=O) groups excluding carboxylic acids is 3. The van der Waals surface area contributed by atoms with Crippen LogP contribution in [0.15, 0.2) is 70.8 Å². The summed E-state index contributed by atoms with van der Waals surface area (Å²) in [5.74, 6) is -0.537. The Kier molecular flexibility index (Phi) is 12.1. The average molecular weight is 889 g/mol. The molecule has 0 radical (unpaired) electrons. The normalized spacial score (nSPS) is 24.1. The number of aliphatic hydroxyl groups excluding tert-OH is 1. The van der Waals surface area contributed by atoms with Crippen LogP contribution in [0.25, 0.3) is 21.9 Å². The van der Waals surface area contributed by atoms with E-state index in [2.05, 4.69) is 46.4 Å². The minimum absolute atomic E-state index is 0.0817. The Balaban J connectivity index is 0.871. The van der Waals surface area contributed by atoms with E-state index in [9.17, 15) is 19.5 Å². The van der Waals surface area contributed by atoms with Crippen molar-refractivity contribution in [1.29, 1.82) is 0 Å². The molecule has 1 aromatic heterocycles. The van der Waals surface area contributed by atoms with E-state index < -0.39 is 17.8 Å². The molecule has 0 bridgehead atoms. The van der Waals surface area contributed by atoms with Gasteiger partial charge in [-0.05, 0) is 110 Å². The number of aliphatic hydroxyl groups is 1. The number of hydrogen-bond acceptors (Lipinski definition) is 11. The highest BCUT2D eigenvalue weighted by Crippen LogP contribution is 2.58. The number of para-hydroxylation sites is 1. The highest BCUT2D eigenvalue weighted by molar-refractivity contribution is 6.08. The van der Waals surface area contributed by atoms with E-state index in [0.717, 1.165) is 55.2 Å². The van der Waals surface area contributed by atoms with Crippen molar-refractivity contribution in [3.63, 3.8) is 0 Å². The number of fused-ring (bicyclic) bond motifs is 5. The van der Waals surface area contributed by atoms with Crippen molar-refractivity contribution < 1.29 is 33.0 Å². The monoisotopic (exact) mass is 888 g/mol. The molecule has 15 heteroatoms. The zero-order valence-corrected chi connectivity index (χ0v) is 37.5. The van der Waals surface area contributed by atoms with Crippen molar-refractivity contribution in [2.24, 2.45) is 0 Å². The Morgan fingerprint density at radius 2 is 1.58 bits per heavy atom. The van der Waals surface area contributed by atoms with Crippen molar-refractivity contribution in [1.82, 2.24) is 30.7 Å². The molecule has 4 saturated heterocycles. The molecule has 5 atom stereocenters. The second kappa shape index (κ2) is 18.1. The van der Waals surface area contributed by atoms with Gasteiger partial charge in [0.15, 0.2) is 17.3 Å². The molecule has 6 aliphatic heterocycles. The van der Waals surface area contributed by atoms with Crippen LogP contribution in [-0.2, 0) is 14.4 Å². The second-order valence-electron chi connectivity index (χ2n) is 19.1. The fourth-order valence-electron chi connectivity index (χ4n) is 11.1. The van der Waals surface area contributed by atoms with E-state index in [0.29, 0.717) is 72.8 Å². The first-order valence-corrected chi connectivity index (χ1v) is 23.6. The Hall–Kier alpha value is -5.48. The Labute approximate surface area is 379 Å². The third-order valence-corrected chi connectivity index (χ3v) is 14.7. The number of nitrogens with zero attached hydrogens (tertiary/aromatic N) is 5. The summed E-state index contributed by atoms with van der Waals surface area (Å²) < 4.78 is 29.9. The first-order chi connectivity index (χ1) is 31.5. The van der Waals surface area contributed by atoms with Gasteiger partial charge in [-0.15, -0.1) is 0 Å². The second-order valence-corrected chi connectivity index (χ2v) is 19.1. The summed E-state index contributed by atoms with van der Waals surface area (Å²) in [4.78, 5) is 50.7. The molecule has 3 aromatic carbocycles. The number of amides is 3. The summed E-state index contributed by atoms with van der Waals surface area (Å²) in [7, 11) is 4.30. The van der Waals surface area contributed by atoms with Crippen LogP contribution in [0.1, 0.15) is 75.9 Å². The molecule has 0 spiro atoms. The lowest BCUT2D eigenvalue weighted by molar-refractivity contribution is -0.128. The molecule has 7 heterocycles. The van der Waals surface area contributed by atoms with Gasteiger partial charge in [0.1, 0.15) is 23.0 Å². The number of likely N-dealkylation sites (tertiary alicyclic amines) is 3. The predicted octanol–water partition coefficient (Wildman–Crippen LogP) is 6.21. The van der Waals surface area contributed by atoms with Crippen LogP contribution in [-0.4, -0.2) is 128 Å². The number of halogens is 1. The first-order valence-electron chi connectivity index (χ1n) is 23.6. The molecular formula is C50H61FN8O6. The molecule has 4 N–H and O–H groups in total. The Morgan fingerprint density at radius 1 is 0.846 bits per heavy atom. The number of carbonyl (C=O) groups is 3. The topological polar surface area (TPSA) is 146 Å². The zero-order chi connectivity index (χ0) is 44.9. The number of anilines is 3. The van der Waals surface area contributed by atoms with Gasteiger partial charge in [0.2, 0.25) is 11.8 Å². The van der Waals surface area contributed by atoms with Crippen LogP contribution in [0.2, 0.25) is 0 Å². The summed E-state index contributed by atoms with van der Waals surface area (Å²) in [5, 5.41) is 23.3. The molecule has 10 rings (SSSR count). The summed E-state index contributed by atoms with van der Waals surface area (Å²) in [6.45, 7) is 8.88. The SMILES string of the molecule is C=C(CCC1CCCN1C)CC(=O)N[C@@H]1CCN(C(=O)C2=CN3c4cc5oc6ccccc6c5cc4Oc4c(N5CC[C@@H](NC(=O)CNCCC6CCCN6C)C5)c(F)cc(c43)C2O)C1. The largest absolute Gasteiger partial charge is 0.456 e. The summed E-state index contributed by atoms with van der Waals surface area (Å²) >= 11 is 0. The molecule has 3 unspecified atom stereocenters. The van der Waals surface area contributed by atoms with Gasteiger partial charge < -0.3 is 54.7 Å². The zero-order valence-electron chi connectivity index (χ0n) is 37.5. The quantitative estimate of drug-likeness (QED) is 0.0848. The van der Waals surface area contributed by atoms with E-state index in [1.807, 2.05) is 46.2 Å². The van der Waals surface area contributed by atoms with E-state index in [-0.39, 0.29) is 66.0 Å². The Morgan fingerprint density at radius 3 is 2.37 bits per heavy atom. The third kappa shape index (κ3) is 8.59. The van der Waals surface area contributed by atoms with Crippen LogP contribution in [0.5, 0.6) is 11.5 Å². The van der Waals surface area contributed by atoms with Crippen molar-refractivity contribution in [3.05, 3.63) is 77.8 Å². The third-order valence-electron chi connectivity index (χ3n) is 14.7. The Bertz CT molecular complexity index is 2560. The van der Waals surface area contributed by atoms with Crippen molar-refractivity contribution in [2.45, 2.75) is 94.5 Å². The molecule has 344 valence electrons. The predicted molar refractivity (Wildman–Crippen MR) is 249 cm³/mol. The molecule has 0 aliphatic carbocycles. The first kappa shape index (κ1) is 43.4. The molecule has 0 saturated carbocycles. The molecule has 14 nitrogen and oxygen atoms in total. The standard InChI is InChI=1S/C50H61FN8O6/c1-30(12-13-33-8-6-18-55(33)2)22-44(60)53-32-16-21-58(28-32)50(63)38-29-59-40-25-42-36(35-10-4-5-11-41(35)64-42)24-43(40)65-49-46(59)37(48(38)62)23-39(51)47(49)57-20-15-31(27-57)54-45(61)26-52-17-14-34-9-7-19-56(34)3/h4-5,10-11,23-25,29,31-34,48,52,62H,1,6-9,12-22,26-28H2,2-3H3,(H,53,60)(H,54,61)/t31-,32-,33?,34?,48?/m1/s1. The van der Waals surface area contributed by atoms with Crippen molar-refractivity contribution >= 4 is 56.7 Å². The lowest BCUT2D eigenvalue weighted by Gasteiger charge is -2.39. The van der Waals surface area contributed by atoms with E-state index >= 15 is 4.39 Å². The molecule has 4 fully saturated rings. The summed E-state index contributed by atoms with van der Waals surface area (Å²) in [6.07, 6.45) is 9.18. The fourth-order valence-corrected chi connectivity index (χ4v) is 11.1.